The van der Waals surface area contributed by atoms with Gasteiger partial charge >= 0.3 is 6.36 Å². The fraction of sp³-hybridized carbons (Fsp3) is 0.400. The minimum Gasteiger partial charge on any atom is -0.491 e. The summed E-state index contributed by atoms with van der Waals surface area (Å²) in [7, 11) is 0. The molecule has 0 amide bonds. The third kappa shape index (κ3) is 5.01. The Kier molecular flexibility index (Phi) is 4.71. The standard InChI is InChI=1S/C10H10F4O3/c11-8-1-2-9(7(5-8)6-15)16-3-4-17-10(12,13)14/h1-2,5,15H,3-4,6H2. The fourth-order valence-electron chi connectivity index (χ4n) is 1.12. The molecule has 0 aromatic heterocycles. The molecule has 3 nitrogen and oxygen atoms in total. The van der Waals surface area contributed by atoms with E-state index in [0.29, 0.717) is 0 Å². The quantitative estimate of drug-likeness (QED) is 0.647. The first-order valence-corrected chi connectivity index (χ1v) is 4.65. The number of ether oxygens (including phenoxy) is 2. The van der Waals surface area contributed by atoms with Crippen LogP contribution in [0.4, 0.5) is 17.6 Å². The molecule has 0 aliphatic carbocycles. The van der Waals surface area contributed by atoms with Gasteiger partial charge in [0.15, 0.2) is 0 Å². The summed E-state index contributed by atoms with van der Waals surface area (Å²) in [5.41, 5.74) is 0.164. The number of rotatable bonds is 5. The van der Waals surface area contributed by atoms with Crippen LogP contribution < -0.4 is 4.74 Å². The molecule has 0 aliphatic heterocycles. The van der Waals surface area contributed by atoms with Crippen LogP contribution in [0.1, 0.15) is 5.56 Å². The Morgan fingerprint density at radius 1 is 1.18 bits per heavy atom. The molecule has 1 rings (SSSR count). The molecule has 0 atom stereocenters. The van der Waals surface area contributed by atoms with Crippen molar-refractivity contribution in [1.82, 2.24) is 0 Å². The molecule has 1 N–H and O–H groups in total. The van der Waals surface area contributed by atoms with Gasteiger partial charge in [-0.2, -0.15) is 0 Å². The maximum Gasteiger partial charge on any atom is 0.522 e. The highest BCUT2D eigenvalue weighted by atomic mass is 19.4. The van der Waals surface area contributed by atoms with E-state index in [4.69, 9.17) is 9.84 Å². The minimum atomic E-state index is -4.70. The monoisotopic (exact) mass is 254 g/mol. The second-order valence-electron chi connectivity index (χ2n) is 3.05. The highest BCUT2D eigenvalue weighted by Crippen LogP contribution is 2.20. The topological polar surface area (TPSA) is 38.7 Å². The first kappa shape index (κ1) is 13.7. The molecule has 0 aliphatic rings. The summed E-state index contributed by atoms with van der Waals surface area (Å²) in [6.07, 6.45) is -4.70. The number of hydrogen-bond acceptors (Lipinski definition) is 3. The third-order valence-electron chi connectivity index (χ3n) is 1.80. The number of halogens is 4. The van der Waals surface area contributed by atoms with Gasteiger partial charge in [-0.25, -0.2) is 4.39 Å². The smallest absolute Gasteiger partial charge is 0.491 e. The molecular weight excluding hydrogens is 244 g/mol. The summed E-state index contributed by atoms with van der Waals surface area (Å²) in [6, 6.07) is 3.35. The molecule has 0 unspecified atom stereocenters. The van der Waals surface area contributed by atoms with E-state index in [0.717, 1.165) is 12.1 Å². The van der Waals surface area contributed by atoms with Gasteiger partial charge in [-0.3, -0.25) is 4.74 Å². The van der Waals surface area contributed by atoms with Crippen molar-refractivity contribution in [3.8, 4) is 5.75 Å². The molecule has 0 fully saturated rings. The Hall–Kier alpha value is -1.34. The second-order valence-corrected chi connectivity index (χ2v) is 3.05. The summed E-state index contributed by atoms with van der Waals surface area (Å²) in [5.74, 6) is -0.437. The number of aliphatic hydroxyl groups is 1. The van der Waals surface area contributed by atoms with Gasteiger partial charge in [0, 0.05) is 5.56 Å². The lowest BCUT2D eigenvalue weighted by atomic mass is 10.2. The predicted octanol–water partition coefficient (Wildman–Crippen LogP) is 2.23. The van der Waals surface area contributed by atoms with Gasteiger partial charge < -0.3 is 9.84 Å². The van der Waals surface area contributed by atoms with Crippen molar-refractivity contribution in [3.63, 3.8) is 0 Å². The van der Waals surface area contributed by atoms with Crippen molar-refractivity contribution in [1.29, 1.82) is 0 Å². The maximum absolute atomic E-state index is 12.7. The number of hydrogen-bond donors (Lipinski definition) is 1. The predicted molar refractivity (Wildman–Crippen MR) is 49.8 cm³/mol. The van der Waals surface area contributed by atoms with E-state index in [1.807, 2.05) is 0 Å². The molecule has 0 bridgehead atoms. The van der Waals surface area contributed by atoms with Gasteiger partial charge in [0.1, 0.15) is 18.2 Å². The summed E-state index contributed by atoms with van der Waals surface area (Å²) >= 11 is 0. The molecule has 0 radical (unpaired) electrons. The maximum atomic E-state index is 12.7. The van der Waals surface area contributed by atoms with Crippen molar-refractivity contribution in [2.24, 2.45) is 0 Å². The number of benzene rings is 1. The summed E-state index contributed by atoms with van der Waals surface area (Å²) in [6.45, 7) is -1.49. The van der Waals surface area contributed by atoms with Crippen LogP contribution in [-0.2, 0) is 11.3 Å². The molecule has 0 heterocycles. The van der Waals surface area contributed by atoms with E-state index in [1.165, 1.54) is 6.07 Å². The van der Waals surface area contributed by atoms with Crippen LogP contribution in [0.3, 0.4) is 0 Å². The molecule has 1 aromatic carbocycles. The highest BCUT2D eigenvalue weighted by molar-refractivity contribution is 5.33. The van der Waals surface area contributed by atoms with E-state index in [1.54, 1.807) is 0 Å². The fourth-order valence-corrected chi connectivity index (χ4v) is 1.12. The Morgan fingerprint density at radius 2 is 1.88 bits per heavy atom. The lowest BCUT2D eigenvalue weighted by molar-refractivity contribution is -0.325. The largest absolute Gasteiger partial charge is 0.522 e. The van der Waals surface area contributed by atoms with Gasteiger partial charge in [0.05, 0.1) is 13.2 Å². The third-order valence-corrected chi connectivity index (χ3v) is 1.80. The van der Waals surface area contributed by atoms with E-state index in [-0.39, 0.29) is 17.9 Å². The average Bonchev–Trinajstić information content (AvgIpc) is 2.24. The van der Waals surface area contributed by atoms with Gasteiger partial charge in [-0.1, -0.05) is 0 Å². The zero-order valence-electron chi connectivity index (χ0n) is 8.63. The van der Waals surface area contributed by atoms with Crippen molar-refractivity contribution in [2.45, 2.75) is 13.0 Å². The number of alkyl halides is 3. The van der Waals surface area contributed by atoms with Crippen LogP contribution in [0, 0.1) is 5.82 Å². The van der Waals surface area contributed by atoms with E-state index < -0.39 is 25.4 Å². The van der Waals surface area contributed by atoms with Crippen LogP contribution >= 0.6 is 0 Å². The van der Waals surface area contributed by atoms with Crippen LogP contribution in [0.5, 0.6) is 5.75 Å². The zero-order valence-corrected chi connectivity index (χ0v) is 8.63. The Bertz CT molecular complexity index is 365. The lowest BCUT2D eigenvalue weighted by Crippen LogP contribution is -2.18. The molecule has 0 saturated heterocycles. The Morgan fingerprint density at radius 3 is 2.47 bits per heavy atom. The van der Waals surface area contributed by atoms with Crippen molar-refractivity contribution >= 4 is 0 Å². The molecule has 17 heavy (non-hydrogen) atoms. The lowest BCUT2D eigenvalue weighted by Gasteiger charge is -2.11. The molecule has 0 spiro atoms. The van der Waals surface area contributed by atoms with Crippen molar-refractivity contribution < 1.29 is 32.1 Å². The van der Waals surface area contributed by atoms with Gasteiger partial charge in [-0.15, -0.1) is 13.2 Å². The zero-order chi connectivity index (χ0) is 12.9. The van der Waals surface area contributed by atoms with E-state index in [2.05, 4.69) is 4.74 Å². The van der Waals surface area contributed by atoms with Gasteiger partial charge in [-0.05, 0) is 18.2 Å². The molecule has 0 saturated carbocycles. The normalized spacial score (nSPS) is 11.6. The molecule has 7 heteroatoms. The average molecular weight is 254 g/mol. The van der Waals surface area contributed by atoms with E-state index in [9.17, 15) is 17.6 Å². The van der Waals surface area contributed by atoms with Gasteiger partial charge in [0.2, 0.25) is 0 Å². The molecule has 96 valence electrons. The minimum absolute atomic E-state index is 0.125. The number of aliphatic hydroxyl groups excluding tert-OH is 1. The van der Waals surface area contributed by atoms with Crippen LogP contribution in [0.2, 0.25) is 0 Å². The first-order valence-electron chi connectivity index (χ1n) is 4.65. The Labute approximate surface area is 94.6 Å². The summed E-state index contributed by atoms with van der Waals surface area (Å²) < 4.78 is 56.0. The van der Waals surface area contributed by atoms with Crippen LogP contribution in [0.25, 0.3) is 0 Å². The van der Waals surface area contributed by atoms with Crippen LogP contribution in [-0.4, -0.2) is 24.7 Å². The summed E-state index contributed by atoms with van der Waals surface area (Å²) in [4.78, 5) is 0. The summed E-state index contributed by atoms with van der Waals surface area (Å²) in [5, 5.41) is 8.87. The first-order chi connectivity index (χ1) is 7.92. The van der Waals surface area contributed by atoms with Gasteiger partial charge in [0.25, 0.3) is 0 Å². The van der Waals surface area contributed by atoms with E-state index >= 15 is 0 Å². The highest BCUT2D eigenvalue weighted by Gasteiger charge is 2.28. The van der Waals surface area contributed by atoms with Crippen LogP contribution in [0.15, 0.2) is 18.2 Å². The second kappa shape index (κ2) is 5.83. The molecular formula is C10H10F4O3. The Balaban J connectivity index is 2.46. The van der Waals surface area contributed by atoms with Crippen molar-refractivity contribution in [2.75, 3.05) is 13.2 Å². The van der Waals surface area contributed by atoms with Crippen molar-refractivity contribution in [3.05, 3.63) is 29.6 Å². The molecule has 1 aromatic rings. The SMILES string of the molecule is OCc1cc(F)ccc1OCCOC(F)(F)F.